The summed E-state index contributed by atoms with van der Waals surface area (Å²) in [5.41, 5.74) is 0.285. The summed E-state index contributed by atoms with van der Waals surface area (Å²) < 4.78 is 16.4. The van der Waals surface area contributed by atoms with Gasteiger partial charge in [-0.1, -0.05) is 12.1 Å². The van der Waals surface area contributed by atoms with Crippen molar-refractivity contribution in [2.24, 2.45) is 0 Å². The van der Waals surface area contributed by atoms with E-state index in [4.69, 9.17) is 19.2 Å². The third-order valence-corrected chi connectivity index (χ3v) is 3.17. The second kappa shape index (κ2) is 7.40. The average Bonchev–Trinajstić information content (AvgIpc) is 2.50. The molecular weight excluding hydrogens is 286 g/mol. The van der Waals surface area contributed by atoms with Crippen molar-refractivity contribution in [2.45, 2.75) is 13.8 Å². The Balaban J connectivity index is 2.71. The Morgan fingerprint density at radius 1 is 0.955 bits per heavy atom. The summed E-state index contributed by atoms with van der Waals surface area (Å²) in [6.45, 7) is 4.48. The molecule has 2 rings (SSSR count). The van der Waals surface area contributed by atoms with Crippen LogP contribution < -0.4 is 19.6 Å². The van der Waals surface area contributed by atoms with Crippen LogP contribution in [0.4, 0.5) is 0 Å². The Morgan fingerprint density at radius 3 is 2.14 bits per heavy atom. The van der Waals surface area contributed by atoms with Gasteiger partial charge in [0.1, 0.15) is 11.5 Å². The highest BCUT2D eigenvalue weighted by molar-refractivity contribution is 6.60. The molecule has 0 atom stereocenters. The van der Waals surface area contributed by atoms with Gasteiger partial charge in [0.15, 0.2) is 5.75 Å². The van der Waals surface area contributed by atoms with Crippen molar-refractivity contribution >= 4 is 31.0 Å². The molecule has 0 bridgehead atoms. The van der Waals surface area contributed by atoms with Gasteiger partial charge in [-0.15, -0.1) is 0 Å². The van der Waals surface area contributed by atoms with Gasteiger partial charge in [0.2, 0.25) is 0 Å². The molecule has 0 aliphatic heterocycles. The van der Waals surface area contributed by atoms with E-state index in [0.717, 1.165) is 0 Å². The van der Waals surface area contributed by atoms with Gasteiger partial charge < -0.3 is 29.2 Å². The van der Waals surface area contributed by atoms with E-state index in [-0.39, 0.29) is 5.46 Å². The van der Waals surface area contributed by atoms with Gasteiger partial charge in [-0.05, 0) is 26.0 Å². The predicted octanol–water partition coefficient (Wildman–Crippen LogP) is -0.0454. The van der Waals surface area contributed by atoms with Crippen LogP contribution in [0.3, 0.4) is 0 Å². The fourth-order valence-electron chi connectivity index (χ4n) is 2.33. The lowest BCUT2D eigenvalue weighted by molar-refractivity contribution is 0.327. The smallest absolute Gasteiger partial charge is 0.504 e. The second-order valence-corrected chi connectivity index (χ2v) is 4.48. The first-order chi connectivity index (χ1) is 10.6. The van der Waals surface area contributed by atoms with Gasteiger partial charge in [-0.25, -0.2) is 0 Å². The second-order valence-electron chi connectivity index (χ2n) is 4.48. The number of hydrogen-bond acceptors (Lipinski definition) is 6. The van der Waals surface area contributed by atoms with Crippen LogP contribution in [0, 0.1) is 0 Å². The van der Waals surface area contributed by atoms with Gasteiger partial charge in [0, 0.05) is 16.2 Å². The van der Waals surface area contributed by atoms with E-state index in [1.165, 1.54) is 0 Å². The van der Waals surface area contributed by atoms with Crippen molar-refractivity contribution in [3.8, 4) is 17.2 Å². The van der Waals surface area contributed by atoms with E-state index in [2.05, 4.69) is 0 Å². The topological polar surface area (TPSA) is 88.4 Å². The van der Waals surface area contributed by atoms with Crippen LogP contribution in [0.15, 0.2) is 24.3 Å². The van der Waals surface area contributed by atoms with Crippen LogP contribution in [-0.4, -0.2) is 43.1 Å². The molecule has 0 aliphatic carbocycles. The minimum atomic E-state index is -1.63. The lowest BCUT2D eigenvalue weighted by Gasteiger charge is -2.17. The molecule has 2 aromatic rings. The van der Waals surface area contributed by atoms with Crippen LogP contribution >= 0.6 is 0 Å². The third kappa shape index (κ3) is 3.14. The highest BCUT2D eigenvalue weighted by Crippen LogP contribution is 2.38. The highest BCUT2D eigenvalue weighted by Gasteiger charge is 2.22. The highest BCUT2D eigenvalue weighted by atomic mass is 16.5. The van der Waals surface area contributed by atoms with Crippen molar-refractivity contribution in [1.29, 1.82) is 0 Å². The van der Waals surface area contributed by atoms with Crippen LogP contribution in [0.1, 0.15) is 13.8 Å². The zero-order valence-corrected chi connectivity index (χ0v) is 12.6. The number of ether oxygens (including phenoxy) is 2. The Labute approximate surface area is 129 Å². The molecule has 0 unspecified atom stereocenters. The summed E-state index contributed by atoms with van der Waals surface area (Å²) in [6, 6.07) is 6.67. The van der Waals surface area contributed by atoms with Crippen LogP contribution in [-0.2, 0) is 0 Å². The van der Waals surface area contributed by atoms with Gasteiger partial charge in [-0.3, -0.25) is 0 Å². The summed E-state index contributed by atoms with van der Waals surface area (Å²) in [6.07, 6.45) is 0. The zero-order chi connectivity index (χ0) is 16.1. The first kappa shape index (κ1) is 16.5. The predicted molar refractivity (Wildman–Crippen MR) is 86.1 cm³/mol. The van der Waals surface area contributed by atoms with Crippen LogP contribution in [0.25, 0.3) is 10.8 Å². The largest absolute Gasteiger partial charge is 0.536 e. The molecule has 0 aliphatic rings. The van der Waals surface area contributed by atoms with E-state index in [1.807, 2.05) is 13.8 Å². The zero-order valence-electron chi connectivity index (χ0n) is 12.6. The minimum absolute atomic E-state index is 0.285. The Morgan fingerprint density at radius 2 is 1.55 bits per heavy atom. The van der Waals surface area contributed by atoms with Crippen LogP contribution in [0.2, 0.25) is 0 Å². The molecule has 22 heavy (non-hydrogen) atoms. The number of hydrogen-bond donors (Lipinski definition) is 3. The molecule has 0 heterocycles. The van der Waals surface area contributed by atoms with Crippen molar-refractivity contribution in [3.05, 3.63) is 24.3 Å². The van der Waals surface area contributed by atoms with Crippen molar-refractivity contribution in [1.82, 2.24) is 0 Å². The fraction of sp³-hybridized carbons (Fsp3) is 0.286. The summed E-state index contributed by atoms with van der Waals surface area (Å²) in [4.78, 5) is 0. The molecule has 0 spiro atoms. The molecule has 3 N–H and O–H groups in total. The van der Waals surface area contributed by atoms with Gasteiger partial charge >= 0.3 is 14.8 Å². The minimum Gasteiger partial charge on any atom is -0.536 e. The summed E-state index contributed by atoms with van der Waals surface area (Å²) >= 11 is 0. The quantitative estimate of drug-likeness (QED) is 0.622. The molecule has 0 radical (unpaired) electrons. The molecule has 0 saturated heterocycles. The van der Waals surface area contributed by atoms with Gasteiger partial charge in [0.05, 0.1) is 13.2 Å². The maximum atomic E-state index is 9.49. The number of rotatable bonds is 7. The normalized spacial score (nSPS) is 10.4. The van der Waals surface area contributed by atoms with E-state index < -0.39 is 14.8 Å². The molecular formula is C14H18B2O6. The van der Waals surface area contributed by atoms with Crippen LogP contribution in [0.5, 0.6) is 17.2 Å². The lowest BCUT2D eigenvalue weighted by Crippen LogP contribution is -2.31. The molecule has 0 amide bonds. The maximum absolute atomic E-state index is 9.49. The number of benzene rings is 2. The van der Waals surface area contributed by atoms with E-state index in [1.54, 1.807) is 24.3 Å². The summed E-state index contributed by atoms with van der Waals surface area (Å²) in [5, 5.41) is 29.3. The molecule has 8 heteroatoms. The van der Waals surface area contributed by atoms with E-state index >= 15 is 0 Å². The Kier molecular flexibility index (Phi) is 5.54. The molecule has 2 aromatic carbocycles. The molecule has 0 saturated carbocycles. The Hall–Kier alpha value is -1.89. The first-order valence-corrected chi connectivity index (χ1v) is 7.09. The molecule has 0 fully saturated rings. The monoisotopic (exact) mass is 304 g/mol. The average molecular weight is 304 g/mol. The van der Waals surface area contributed by atoms with Gasteiger partial charge in [0.25, 0.3) is 0 Å². The molecule has 116 valence electrons. The van der Waals surface area contributed by atoms with E-state index in [0.29, 0.717) is 41.2 Å². The fourth-order valence-corrected chi connectivity index (χ4v) is 2.33. The maximum Gasteiger partial charge on any atom is 0.504 e. The third-order valence-electron chi connectivity index (χ3n) is 3.17. The standard InChI is InChI=1S/C14H18B2O6/c1-3-20-13-9-6-8-12(22-15-17)14(21-4-2)10(9)5-7-11(13)16(18)19/h5-8,15,17-19H,3-4H2,1-2H3. The van der Waals surface area contributed by atoms with E-state index in [9.17, 15) is 10.0 Å². The Bertz CT molecular complexity index is 647. The molecule has 0 aromatic heterocycles. The lowest BCUT2D eigenvalue weighted by atomic mass is 9.78. The number of fused-ring (bicyclic) bond motifs is 1. The summed E-state index contributed by atoms with van der Waals surface area (Å²) in [5.74, 6) is 1.29. The van der Waals surface area contributed by atoms with Crippen molar-refractivity contribution in [2.75, 3.05) is 13.2 Å². The SMILES string of the molecule is CCOc1c(OBO)ccc2c(OCC)c(B(O)O)ccc12. The van der Waals surface area contributed by atoms with Crippen molar-refractivity contribution < 1.29 is 29.2 Å². The van der Waals surface area contributed by atoms with Gasteiger partial charge in [-0.2, -0.15) is 0 Å². The first-order valence-electron chi connectivity index (χ1n) is 7.09. The summed E-state index contributed by atoms with van der Waals surface area (Å²) in [7, 11) is -2.09. The van der Waals surface area contributed by atoms with Crippen molar-refractivity contribution in [3.63, 3.8) is 0 Å². The molecule has 6 nitrogen and oxygen atoms in total.